The fraction of sp³-hybridized carbons (Fsp3) is 0.462. The predicted octanol–water partition coefficient (Wildman–Crippen LogP) is 2.87. The number of nitrogens with zero attached hydrogens (tertiary/aromatic N) is 1. The molecule has 0 bridgehead atoms. The molecule has 102 valence electrons. The van der Waals surface area contributed by atoms with Gasteiger partial charge < -0.3 is 5.32 Å². The summed E-state index contributed by atoms with van der Waals surface area (Å²) >= 11 is 6.01. The SMILES string of the molecule is O=C(NC1CCC(Cl)CC1)c1ccc([N+](=O)[O-])cc1. The van der Waals surface area contributed by atoms with Gasteiger partial charge in [-0.1, -0.05) is 0 Å². The summed E-state index contributed by atoms with van der Waals surface area (Å²) in [5.74, 6) is -0.187. The highest BCUT2D eigenvalue weighted by Gasteiger charge is 2.21. The summed E-state index contributed by atoms with van der Waals surface area (Å²) < 4.78 is 0. The first kappa shape index (κ1) is 13.8. The number of alkyl halides is 1. The number of nitro benzene ring substituents is 1. The molecule has 0 atom stereocenters. The lowest BCUT2D eigenvalue weighted by Crippen LogP contribution is -2.37. The van der Waals surface area contributed by atoms with Gasteiger partial charge in [0, 0.05) is 29.1 Å². The lowest BCUT2D eigenvalue weighted by Gasteiger charge is -2.25. The van der Waals surface area contributed by atoms with Crippen LogP contribution < -0.4 is 5.32 Å². The largest absolute Gasteiger partial charge is 0.349 e. The topological polar surface area (TPSA) is 72.2 Å². The van der Waals surface area contributed by atoms with Crippen molar-refractivity contribution in [3.05, 3.63) is 39.9 Å². The monoisotopic (exact) mass is 282 g/mol. The van der Waals surface area contributed by atoms with Crippen molar-refractivity contribution in [1.29, 1.82) is 0 Å². The van der Waals surface area contributed by atoms with Crippen LogP contribution in [0.25, 0.3) is 0 Å². The smallest absolute Gasteiger partial charge is 0.269 e. The van der Waals surface area contributed by atoms with E-state index in [2.05, 4.69) is 5.32 Å². The summed E-state index contributed by atoms with van der Waals surface area (Å²) in [6.45, 7) is 0. The fourth-order valence-corrected chi connectivity index (χ4v) is 2.45. The van der Waals surface area contributed by atoms with Crippen LogP contribution in [0.2, 0.25) is 0 Å². The van der Waals surface area contributed by atoms with Crippen molar-refractivity contribution in [2.75, 3.05) is 0 Å². The first-order chi connectivity index (χ1) is 9.06. The standard InChI is InChI=1S/C13H15ClN2O3/c14-10-3-5-11(6-4-10)15-13(17)9-1-7-12(8-2-9)16(18)19/h1-2,7-8,10-11H,3-6H2,(H,15,17). The van der Waals surface area contributed by atoms with Crippen molar-refractivity contribution in [2.45, 2.75) is 37.1 Å². The van der Waals surface area contributed by atoms with Crippen molar-refractivity contribution in [3.8, 4) is 0 Å². The number of hydrogen-bond donors (Lipinski definition) is 1. The number of amides is 1. The van der Waals surface area contributed by atoms with Crippen LogP contribution in [0.1, 0.15) is 36.0 Å². The number of halogens is 1. The Hall–Kier alpha value is -1.62. The van der Waals surface area contributed by atoms with E-state index in [1.807, 2.05) is 0 Å². The van der Waals surface area contributed by atoms with E-state index in [0.717, 1.165) is 25.7 Å². The molecule has 0 radical (unpaired) electrons. The van der Waals surface area contributed by atoms with Crippen LogP contribution in [0.15, 0.2) is 24.3 Å². The average Bonchev–Trinajstić information content (AvgIpc) is 2.41. The predicted molar refractivity (Wildman–Crippen MR) is 72.5 cm³/mol. The van der Waals surface area contributed by atoms with Gasteiger partial charge in [0.25, 0.3) is 11.6 Å². The second-order valence-corrected chi connectivity index (χ2v) is 5.34. The molecule has 19 heavy (non-hydrogen) atoms. The van der Waals surface area contributed by atoms with E-state index in [1.54, 1.807) is 0 Å². The van der Waals surface area contributed by atoms with E-state index < -0.39 is 4.92 Å². The summed E-state index contributed by atoms with van der Waals surface area (Å²) in [5.41, 5.74) is 0.429. The van der Waals surface area contributed by atoms with E-state index in [-0.39, 0.29) is 23.0 Å². The lowest BCUT2D eigenvalue weighted by atomic mass is 9.95. The van der Waals surface area contributed by atoms with Gasteiger partial charge in [0.1, 0.15) is 0 Å². The first-order valence-corrected chi connectivity index (χ1v) is 6.69. The second-order valence-electron chi connectivity index (χ2n) is 4.73. The normalized spacial score (nSPS) is 22.8. The molecule has 6 heteroatoms. The summed E-state index contributed by atoms with van der Waals surface area (Å²) in [6, 6.07) is 5.77. The number of benzene rings is 1. The summed E-state index contributed by atoms with van der Waals surface area (Å²) in [7, 11) is 0. The molecule has 0 heterocycles. The van der Waals surface area contributed by atoms with Gasteiger partial charge in [0.2, 0.25) is 0 Å². The molecule has 0 spiro atoms. The number of carbonyl (C=O) groups is 1. The summed E-state index contributed by atoms with van der Waals surface area (Å²) in [5, 5.41) is 13.7. The minimum atomic E-state index is -0.483. The highest BCUT2D eigenvalue weighted by atomic mass is 35.5. The molecular weight excluding hydrogens is 268 g/mol. The molecule has 1 aliphatic rings. The van der Waals surface area contributed by atoms with E-state index >= 15 is 0 Å². The number of nitrogens with one attached hydrogen (secondary N) is 1. The molecule has 1 N–H and O–H groups in total. The van der Waals surface area contributed by atoms with E-state index in [9.17, 15) is 14.9 Å². The molecule has 1 amide bonds. The minimum absolute atomic E-state index is 0.0146. The molecule has 2 rings (SSSR count). The zero-order valence-corrected chi connectivity index (χ0v) is 11.1. The molecule has 1 saturated carbocycles. The van der Waals surface area contributed by atoms with Gasteiger partial charge in [-0.25, -0.2) is 0 Å². The summed E-state index contributed by atoms with van der Waals surface area (Å²) in [4.78, 5) is 22.0. The second kappa shape index (κ2) is 6.02. The Morgan fingerprint density at radius 1 is 1.21 bits per heavy atom. The van der Waals surface area contributed by atoms with E-state index in [1.165, 1.54) is 24.3 Å². The van der Waals surface area contributed by atoms with Gasteiger partial charge in [-0.15, -0.1) is 11.6 Å². The molecule has 1 aromatic rings. The Morgan fingerprint density at radius 3 is 2.32 bits per heavy atom. The molecule has 1 aliphatic carbocycles. The highest BCUT2D eigenvalue weighted by Crippen LogP contribution is 2.23. The Balaban J connectivity index is 1.94. The Labute approximate surface area is 116 Å². The number of rotatable bonds is 3. The maximum Gasteiger partial charge on any atom is 0.269 e. The van der Waals surface area contributed by atoms with Gasteiger partial charge >= 0.3 is 0 Å². The fourth-order valence-electron chi connectivity index (χ4n) is 2.20. The quantitative estimate of drug-likeness (QED) is 0.526. The van der Waals surface area contributed by atoms with Crippen molar-refractivity contribution in [3.63, 3.8) is 0 Å². The minimum Gasteiger partial charge on any atom is -0.349 e. The molecule has 0 aliphatic heterocycles. The lowest BCUT2D eigenvalue weighted by molar-refractivity contribution is -0.384. The Bertz CT molecular complexity index is 467. The average molecular weight is 283 g/mol. The third-order valence-corrected chi connectivity index (χ3v) is 3.77. The first-order valence-electron chi connectivity index (χ1n) is 6.25. The molecule has 0 aromatic heterocycles. The Morgan fingerprint density at radius 2 is 1.79 bits per heavy atom. The number of non-ortho nitro benzene ring substituents is 1. The third kappa shape index (κ3) is 3.67. The zero-order chi connectivity index (χ0) is 13.8. The van der Waals surface area contributed by atoms with Crippen LogP contribution >= 0.6 is 11.6 Å². The maximum absolute atomic E-state index is 12.0. The molecule has 0 unspecified atom stereocenters. The molecule has 1 aromatic carbocycles. The van der Waals surface area contributed by atoms with Crippen LogP contribution in [0, 0.1) is 10.1 Å². The molecule has 1 fully saturated rings. The molecule has 5 nitrogen and oxygen atoms in total. The van der Waals surface area contributed by atoms with Gasteiger partial charge in [-0.3, -0.25) is 14.9 Å². The van der Waals surface area contributed by atoms with Crippen LogP contribution in [-0.2, 0) is 0 Å². The number of nitro groups is 1. The third-order valence-electron chi connectivity index (χ3n) is 3.33. The summed E-state index contributed by atoms with van der Waals surface area (Å²) in [6.07, 6.45) is 3.58. The highest BCUT2D eigenvalue weighted by molar-refractivity contribution is 6.20. The van der Waals surface area contributed by atoms with Gasteiger partial charge in [-0.05, 0) is 37.8 Å². The maximum atomic E-state index is 12.0. The van der Waals surface area contributed by atoms with Gasteiger partial charge in [0.15, 0.2) is 0 Å². The van der Waals surface area contributed by atoms with Crippen molar-refractivity contribution < 1.29 is 9.72 Å². The van der Waals surface area contributed by atoms with Crippen molar-refractivity contribution in [1.82, 2.24) is 5.32 Å². The van der Waals surface area contributed by atoms with Crippen molar-refractivity contribution >= 4 is 23.2 Å². The van der Waals surface area contributed by atoms with Crippen LogP contribution in [0.3, 0.4) is 0 Å². The van der Waals surface area contributed by atoms with Crippen LogP contribution in [-0.4, -0.2) is 22.2 Å². The zero-order valence-electron chi connectivity index (χ0n) is 10.3. The molecular formula is C13H15ClN2O3. The number of hydrogen-bond acceptors (Lipinski definition) is 3. The molecule has 0 saturated heterocycles. The van der Waals surface area contributed by atoms with Crippen molar-refractivity contribution in [2.24, 2.45) is 0 Å². The van der Waals surface area contributed by atoms with Gasteiger partial charge in [-0.2, -0.15) is 0 Å². The van der Waals surface area contributed by atoms with Gasteiger partial charge in [0.05, 0.1) is 4.92 Å². The van der Waals surface area contributed by atoms with E-state index in [4.69, 9.17) is 11.6 Å². The van der Waals surface area contributed by atoms with Crippen LogP contribution in [0.5, 0.6) is 0 Å². The van der Waals surface area contributed by atoms with E-state index in [0.29, 0.717) is 5.56 Å². The van der Waals surface area contributed by atoms with Crippen LogP contribution in [0.4, 0.5) is 5.69 Å². The number of carbonyl (C=O) groups excluding carboxylic acids is 1. The Kier molecular flexibility index (Phi) is 4.37.